The van der Waals surface area contributed by atoms with Gasteiger partial charge in [0.25, 0.3) is 0 Å². The summed E-state index contributed by atoms with van der Waals surface area (Å²) in [5, 5.41) is 14.6. The first-order valence-electron chi connectivity index (χ1n) is 8.32. The van der Waals surface area contributed by atoms with Gasteiger partial charge in [0.1, 0.15) is 0 Å². The quantitative estimate of drug-likeness (QED) is 0.653. The van der Waals surface area contributed by atoms with E-state index in [-0.39, 0.29) is 18.5 Å². The van der Waals surface area contributed by atoms with Crippen LogP contribution in [0.2, 0.25) is 0 Å². The van der Waals surface area contributed by atoms with E-state index in [1.165, 1.54) is 0 Å². The van der Waals surface area contributed by atoms with Crippen molar-refractivity contribution in [1.82, 2.24) is 15.6 Å². The van der Waals surface area contributed by atoms with E-state index in [2.05, 4.69) is 15.6 Å². The molecule has 0 aliphatic heterocycles. The molecule has 1 aromatic heterocycles. The predicted octanol–water partition coefficient (Wildman–Crippen LogP) is 2.40. The molecule has 6 nitrogen and oxygen atoms in total. The first-order chi connectivity index (χ1) is 12.1. The fraction of sp³-hybridized carbons (Fsp3) is 0.316. The number of amides is 2. The van der Waals surface area contributed by atoms with Gasteiger partial charge in [0, 0.05) is 31.4 Å². The third-order valence-electron chi connectivity index (χ3n) is 3.82. The van der Waals surface area contributed by atoms with Crippen molar-refractivity contribution < 1.29 is 14.7 Å². The molecule has 0 radical (unpaired) electrons. The number of pyridine rings is 1. The van der Waals surface area contributed by atoms with Crippen LogP contribution >= 0.6 is 0 Å². The maximum Gasteiger partial charge on any atom is 0.315 e. The summed E-state index contributed by atoms with van der Waals surface area (Å²) in [5.41, 5.74) is 2.16. The van der Waals surface area contributed by atoms with Crippen LogP contribution in [-0.2, 0) is 17.6 Å². The number of carboxylic acid groups (broad SMARTS) is 1. The lowest BCUT2D eigenvalue weighted by atomic mass is 10.0. The molecule has 0 aliphatic rings. The van der Waals surface area contributed by atoms with Crippen LogP contribution < -0.4 is 10.6 Å². The molecule has 1 heterocycles. The van der Waals surface area contributed by atoms with Crippen molar-refractivity contribution in [3.05, 3.63) is 66.0 Å². The smallest absolute Gasteiger partial charge is 0.315 e. The van der Waals surface area contributed by atoms with Crippen LogP contribution in [0.3, 0.4) is 0 Å². The summed E-state index contributed by atoms with van der Waals surface area (Å²) in [6, 6.07) is 13.0. The number of nitrogens with zero attached hydrogens (tertiary/aromatic N) is 1. The molecule has 0 spiro atoms. The van der Waals surface area contributed by atoms with Gasteiger partial charge in [-0.15, -0.1) is 0 Å². The number of aliphatic carboxylic acids is 1. The number of aromatic nitrogens is 1. The van der Waals surface area contributed by atoms with Gasteiger partial charge in [0.15, 0.2) is 0 Å². The predicted molar refractivity (Wildman–Crippen MR) is 95.3 cm³/mol. The minimum Gasteiger partial charge on any atom is -0.481 e. The Morgan fingerprint density at radius 3 is 2.44 bits per heavy atom. The summed E-state index contributed by atoms with van der Waals surface area (Å²) in [6.45, 7) is 0.507. The monoisotopic (exact) mass is 341 g/mol. The topological polar surface area (TPSA) is 91.3 Å². The van der Waals surface area contributed by atoms with Crippen LogP contribution in [0.5, 0.6) is 0 Å². The Balaban J connectivity index is 1.82. The molecule has 0 saturated heterocycles. The average molecular weight is 341 g/mol. The zero-order valence-corrected chi connectivity index (χ0v) is 14.0. The van der Waals surface area contributed by atoms with Crippen LogP contribution in [0.15, 0.2) is 54.9 Å². The zero-order chi connectivity index (χ0) is 17.9. The molecule has 0 fully saturated rings. The van der Waals surface area contributed by atoms with Gasteiger partial charge >= 0.3 is 12.0 Å². The minimum absolute atomic E-state index is 0.0226. The Bertz CT molecular complexity index is 662. The second kappa shape index (κ2) is 10.1. The van der Waals surface area contributed by atoms with Crippen molar-refractivity contribution in [3.8, 4) is 0 Å². The molecule has 3 N–H and O–H groups in total. The van der Waals surface area contributed by atoms with Gasteiger partial charge in [-0.1, -0.05) is 30.3 Å². The molecule has 0 bridgehead atoms. The maximum absolute atomic E-state index is 12.1. The number of nitrogens with one attached hydrogen (secondary N) is 2. The normalized spacial score (nSPS) is 11.5. The van der Waals surface area contributed by atoms with Gasteiger partial charge in [-0.2, -0.15) is 0 Å². The lowest BCUT2D eigenvalue weighted by molar-refractivity contribution is -0.137. The number of benzene rings is 1. The summed E-state index contributed by atoms with van der Waals surface area (Å²) in [4.78, 5) is 26.9. The second-order valence-corrected chi connectivity index (χ2v) is 5.82. The van der Waals surface area contributed by atoms with E-state index < -0.39 is 5.97 Å². The van der Waals surface area contributed by atoms with E-state index in [0.29, 0.717) is 25.8 Å². The van der Waals surface area contributed by atoms with Gasteiger partial charge < -0.3 is 15.7 Å². The van der Waals surface area contributed by atoms with Crippen molar-refractivity contribution in [2.24, 2.45) is 0 Å². The number of hydrogen-bond donors (Lipinski definition) is 3. The standard InChI is InChI=1S/C19H23N3O3/c23-18(24)7-6-17(14-16-4-2-1-3-5-16)22-19(25)21-13-10-15-8-11-20-12-9-15/h1-5,8-9,11-12,17H,6-7,10,13-14H2,(H,23,24)(H2,21,22,25). The SMILES string of the molecule is O=C(O)CCC(Cc1ccccc1)NC(=O)NCCc1ccncc1. The third-order valence-corrected chi connectivity index (χ3v) is 3.82. The van der Waals surface area contributed by atoms with Crippen molar-refractivity contribution in [2.45, 2.75) is 31.7 Å². The van der Waals surface area contributed by atoms with E-state index in [0.717, 1.165) is 11.1 Å². The summed E-state index contributed by atoms with van der Waals surface area (Å²) in [7, 11) is 0. The number of urea groups is 1. The molecular weight excluding hydrogens is 318 g/mol. The highest BCUT2D eigenvalue weighted by Crippen LogP contribution is 2.08. The lowest BCUT2D eigenvalue weighted by Crippen LogP contribution is -2.44. The Morgan fingerprint density at radius 2 is 1.76 bits per heavy atom. The summed E-state index contributed by atoms with van der Waals surface area (Å²) < 4.78 is 0. The Labute approximate surface area is 147 Å². The molecule has 25 heavy (non-hydrogen) atoms. The fourth-order valence-electron chi connectivity index (χ4n) is 2.53. The number of hydrogen-bond acceptors (Lipinski definition) is 3. The number of rotatable bonds is 9. The summed E-state index contributed by atoms with van der Waals surface area (Å²) in [5.74, 6) is -0.863. The van der Waals surface area contributed by atoms with Crippen LogP contribution in [0.1, 0.15) is 24.0 Å². The van der Waals surface area contributed by atoms with Gasteiger partial charge in [-0.3, -0.25) is 9.78 Å². The van der Waals surface area contributed by atoms with Gasteiger partial charge in [0.2, 0.25) is 0 Å². The minimum atomic E-state index is -0.863. The molecular formula is C19H23N3O3. The zero-order valence-electron chi connectivity index (χ0n) is 14.0. The fourth-order valence-corrected chi connectivity index (χ4v) is 2.53. The molecule has 2 amide bonds. The van der Waals surface area contributed by atoms with Crippen molar-refractivity contribution in [3.63, 3.8) is 0 Å². The molecule has 0 saturated carbocycles. The molecule has 1 unspecified atom stereocenters. The molecule has 6 heteroatoms. The molecule has 132 valence electrons. The van der Waals surface area contributed by atoms with Gasteiger partial charge in [0.05, 0.1) is 0 Å². The van der Waals surface area contributed by atoms with E-state index >= 15 is 0 Å². The summed E-state index contributed by atoms with van der Waals surface area (Å²) in [6.07, 6.45) is 5.17. The van der Waals surface area contributed by atoms with Gasteiger partial charge in [-0.05, 0) is 42.5 Å². The first-order valence-corrected chi connectivity index (χ1v) is 8.32. The van der Waals surface area contributed by atoms with Crippen LogP contribution in [0.4, 0.5) is 4.79 Å². The van der Waals surface area contributed by atoms with Crippen LogP contribution in [0.25, 0.3) is 0 Å². The summed E-state index contributed by atoms with van der Waals surface area (Å²) >= 11 is 0. The van der Waals surface area contributed by atoms with Gasteiger partial charge in [-0.25, -0.2) is 4.79 Å². The average Bonchev–Trinajstić information content (AvgIpc) is 2.61. The lowest BCUT2D eigenvalue weighted by Gasteiger charge is -2.18. The van der Waals surface area contributed by atoms with Crippen molar-refractivity contribution in [2.75, 3.05) is 6.54 Å². The Kier molecular flexibility index (Phi) is 7.43. The number of carbonyl (C=O) groups is 2. The maximum atomic E-state index is 12.1. The highest BCUT2D eigenvalue weighted by molar-refractivity contribution is 5.74. The molecule has 0 aliphatic carbocycles. The molecule has 2 aromatic rings. The van der Waals surface area contributed by atoms with E-state index in [1.807, 2.05) is 42.5 Å². The largest absolute Gasteiger partial charge is 0.481 e. The number of carbonyl (C=O) groups excluding carboxylic acids is 1. The van der Waals surface area contributed by atoms with Crippen LogP contribution in [0, 0.1) is 0 Å². The third kappa shape index (κ3) is 7.48. The first kappa shape index (κ1) is 18.4. The Morgan fingerprint density at radius 1 is 1.04 bits per heavy atom. The van der Waals surface area contributed by atoms with Crippen molar-refractivity contribution >= 4 is 12.0 Å². The van der Waals surface area contributed by atoms with E-state index in [9.17, 15) is 9.59 Å². The van der Waals surface area contributed by atoms with E-state index in [4.69, 9.17) is 5.11 Å². The van der Waals surface area contributed by atoms with Crippen molar-refractivity contribution in [1.29, 1.82) is 0 Å². The highest BCUT2D eigenvalue weighted by atomic mass is 16.4. The van der Waals surface area contributed by atoms with Crippen LogP contribution in [-0.4, -0.2) is 34.7 Å². The molecule has 2 rings (SSSR count). The highest BCUT2D eigenvalue weighted by Gasteiger charge is 2.14. The molecule has 1 atom stereocenters. The Hall–Kier alpha value is -2.89. The van der Waals surface area contributed by atoms with E-state index in [1.54, 1.807) is 12.4 Å². The number of carboxylic acids is 1. The molecule has 1 aromatic carbocycles. The second-order valence-electron chi connectivity index (χ2n) is 5.82.